The van der Waals surface area contributed by atoms with Gasteiger partial charge < -0.3 is 25.4 Å². The topological polar surface area (TPSA) is 87.2 Å². The van der Waals surface area contributed by atoms with Crippen molar-refractivity contribution in [1.82, 2.24) is 20.9 Å². The highest BCUT2D eigenvalue weighted by atomic mass is 16.6. The van der Waals surface area contributed by atoms with Gasteiger partial charge in [0.15, 0.2) is 5.96 Å². The lowest BCUT2D eigenvalue weighted by Crippen LogP contribution is -2.39. The van der Waals surface area contributed by atoms with Gasteiger partial charge >= 0.3 is 6.09 Å². The Bertz CT molecular complexity index is 679. The van der Waals surface area contributed by atoms with E-state index in [2.05, 4.69) is 50.1 Å². The fourth-order valence-corrected chi connectivity index (χ4v) is 3.08. The first-order valence-electron chi connectivity index (χ1n) is 11.2. The second kappa shape index (κ2) is 13.2. The Kier molecular flexibility index (Phi) is 10.6. The van der Waals surface area contributed by atoms with Crippen molar-refractivity contribution in [3.63, 3.8) is 0 Å². The predicted molar refractivity (Wildman–Crippen MR) is 124 cm³/mol. The van der Waals surface area contributed by atoms with E-state index in [1.165, 1.54) is 11.1 Å². The molecule has 1 aromatic carbocycles. The van der Waals surface area contributed by atoms with Crippen LogP contribution in [0.1, 0.15) is 45.2 Å². The number of aliphatic imine (C=N–C) groups is 1. The van der Waals surface area contributed by atoms with Crippen molar-refractivity contribution in [2.45, 2.75) is 52.8 Å². The van der Waals surface area contributed by atoms with Gasteiger partial charge in [-0.1, -0.05) is 24.3 Å². The Hall–Kier alpha value is -2.32. The molecular formula is C23H39N5O3. The van der Waals surface area contributed by atoms with E-state index < -0.39 is 5.60 Å². The molecule has 1 fully saturated rings. The molecule has 1 amide bonds. The predicted octanol–water partition coefficient (Wildman–Crippen LogP) is 2.49. The monoisotopic (exact) mass is 433 g/mol. The van der Waals surface area contributed by atoms with Crippen molar-refractivity contribution in [2.24, 2.45) is 4.99 Å². The van der Waals surface area contributed by atoms with Crippen LogP contribution in [-0.2, 0) is 22.6 Å². The molecule has 1 aliphatic rings. The number of hydrogen-bond acceptors (Lipinski definition) is 5. The zero-order valence-corrected chi connectivity index (χ0v) is 19.5. The Labute approximate surface area is 186 Å². The van der Waals surface area contributed by atoms with Crippen LogP contribution in [0.25, 0.3) is 0 Å². The Morgan fingerprint density at radius 2 is 1.71 bits per heavy atom. The molecule has 1 aromatic rings. The van der Waals surface area contributed by atoms with E-state index in [-0.39, 0.29) is 6.09 Å². The standard InChI is InChI=1S/C23H39N5O3/c1-5-24-21(25-11-6-12-26-22(29)31-23(2,3)4)27-17-19-7-9-20(10-8-19)18-28-13-15-30-16-14-28/h7-10H,5-6,11-18H2,1-4H3,(H,26,29)(H2,24,25,27). The number of alkyl carbamates (subject to hydrolysis) is 1. The summed E-state index contributed by atoms with van der Waals surface area (Å²) in [5.41, 5.74) is 2.01. The molecule has 0 radical (unpaired) electrons. The molecule has 1 saturated heterocycles. The highest BCUT2D eigenvalue weighted by Crippen LogP contribution is 2.10. The van der Waals surface area contributed by atoms with Gasteiger partial charge in [-0.05, 0) is 45.2 Å². The van der Waals surface area contributed by atoms with Gasteiger partial charge in [-0.25, -0.2) is 9.79 Å². The van der Waals surface area contributed by atoms with Gasteiger partial charge in [0.1, 0.15) is 5.60 Å². The zero-order chi connectivity index (χ0) is 22.5. The van der Waals surface area contributed by atoms with Crippen molar-refractivity contribution in [2.75, 3.05) is 45.9 Å². The number of amides is 1. The molecule has 0 unspecified atom stereocenters. The van der Waals surface area contributed by atoms with E-state index in [4.69, 9.17) is 9.47 Å². The van der Waals surface area contributed by atoms with Gasteiger partial charge in [-0.2, -0.15) is 0 Å². The van der Waals surface area contributed by atoms with Crippen molar-refractivity contribution < 1.29 is 14.3 Å². The van der Waals surface area contributed by atoms with Gasteiger partial charge in [0.2, 0.25) is 0 Å². The maximum absolute atomic E-state index is 11.7. The summed E-state index contributed by atoms with van der Waals surface area (Å²) in [5, 5.41) is 9.33. The van der Waals surface area contributed by atoms with E-state index in [0.717, 1.165) is 51.8 Å². The smallest absolute Gasteiger partial charge is 0.407 e. The number of carbonyl (C=O) groups excluding carboxylic acids is 1. The van der Waals surface area contributed by atoms with Crippen LogP contribution in [-0.4, -0.2) is 68.5 Å². The second-order valence-corrected chi connectivity index (χ2v) is 8.61. The number of guanidine groups is 1. The summed E-state index contributed by atoms with van der Waals surface area (Å²) in [6, 6.07) is 8.66. The number of nitrogens with zero attached hydrogens (tertiary/aromatic N) is 2. The highest BCUT2D eigenvalue weighted by Gasteiger charge is 2.15. The van der Waals surface area contributed by atoms with Gasteiger partial charge in [-0.3, -0.25) is 4.90 Å². The maximum atomic E-state index is 11.7. The lowest BCUT2D eigenvalue weighted by atomic mass is 10.1. The van der Waals surface area contributed by atoms with Crippen LogP contribution in [0, 0.1) is 0 Å². The van der Waals surface area contributed by atoms with Gasteiger partial charge in [0.05, 0.1) is 19.8 Å². The largest absolute Gasteiger partial charge is 0.444 e. The third-order valence-corrected chi connectivity index (χ3v) is 4.61. The zero-order valence-electron chi connectivity index (χ0n) is 19.5. The van der Waals surface area contributed by atoms with E-state index >= 15 is 0 Å². The number of benzene rings is 1. The normalized spacial score (nSPS) is 15.4. The SMILES string of the molecule is CCNC(=NCc1ccc(CN2CCOCC2)cc1)NCCCNC(=O)OC(C)(C)C. The van der Waals surface area contributed by atoms with Crippen molar-refractivity contribution in [3.8, 4) is 0 Å². The Balaban J connectivity index is 1.71. The van der Waals surface area contributed by atoms with Crippen molar-refractivity contribution in [1.29, 1.82) is 0 Å². The van der Waals surface area contributed by atoms with Crippen LogP contribution < -0.4 is 16.0 Å². The molecule has 1 aliphatic heterocycles. The van der Waals surface area contributed by atoms with E-state index in [1.807, 2.05) is 27.7 Å². The van der Waals surface area contributed by atoms with Crippen LogP contribution in [0.15, 0.2) is 29.3 Å². The van der Waals surface area contributed by atoms with Crippen LogP contribution in [0.2, 0.25) is 0 Å². The van der Waals surface area contributed by atoms with Gasteiger partial charge in [0.25, 0.3) is 0 Å². The number of morpholine rings is 1. The molecule has 0 aromatic heterocycles. The van der Waals surface area contributed by atoms with Crippen molar-refractivity contribution >= 4 is 12.1 Å². The minimum Gasteiger partial charge on any atom is -0.444 e. The van der Waals surface area contributed by atoms with Crippen molar-refractivity contribution in [3.05, 3.63) is 35.4 Å². The van der Waals surface area contributed by atoms with Crippen LogP contribution >= 0.6 is 0 Å². The second-order valence-electron chi connectivity index (χ2n) is 8.61. The number of rotatable bonds is 9. The number of hydrogen-bond donors (Lipinski definition) is 3. The summed E-state index contributed by atoms with van der Waals surface area (Å²) in [6.45, 7) is 14.9. The minimum atomic E-state index is -0.478. The number of nitrogens with one attached hydrogen (secondary N) is 3. The van der Waals surface area contributed by atoms with E-state index in [1.54, 1.807) is 0 Å². The van der Waals surface area contributed by atoms with E-state index in [0.29, 0.717) is 19.6 Å². The first kappa shape index (κ1) is 24.9. The fraction of sp³-hybridized carbons (Fsp3) is 0.652. The lowest BCUT2D eigenvalue weighted by molar-refractivity contribution is 0.0342. The number of carbonyl (C=O) groups is 1. The summed E-state index contributed by atoms with van der Waals surface area (Å²) < 4.78 is 10.6. The third kappa shape index (κ3) is 11.0. The Morgan fingerprint density at radius 1 is 1.06 bits per heavy atom. The molecule has 8 heteroatoms. The van der Waals surface area contributed by atoms with Gasteiger partial charge in [-0.15, -0.1) is 0 Å². The quantitative estimate of drug-likeness (QED) is 0.315. The molecule has 2 rings (SSSR count). The first-order chi connectivity index (χ1) is 14.9. The summed E-state index contributed by atoms with van der Waals surface area (Å²) in [4.78, 5) is 18.7. The lowest BCUT2D eigenvalue weighted by Gasteiger charge is -2.26. The molecule has 1 heterocycles. The molecule has 31 heavy (non-hydrogen) atoms. The molecular weight excluding hydrogens is 394 g/mol. The summed E-state index contributed by atoms with van der Waals surface area (Å²) in [7, 11) is 0. The fourth-order valence-electron chi connectivity index (χ4n) is 3.08. The molecule has 8 nitrogen and oxygen atoms in total. The third-order valence-electron chi connectivity index (χ3n) is 4.61. The molecule has 0 bridgehead atoms. The molecule has 0 saturated carbocycles. The maximum Gasteiger partial charge on any atom is 0.407 e. The number of ether oxygens (including phenoxy) is 2. The van der Waals surface area contributed by atoms with Crippen LogP contribution in [0.3, 0.4) is 0 Å². The Morgan fingerprint density at radius 3 is 2.35 bits per heavy atom. The van der Waals surface area contributed by atoms with Crippen LogP contribution in [0.5, 0.6) is 0 Å². The molecule has 174 valence electrons. The molecule has 0 atom stereocenters. The average Bonchev–Trinajstić information content (AvgIpc) is 2.72. The average molecular weight is 434 g/mol. The summed E-state index contributed by atoms with van der Waals surface area (Å²) in [5.74, 6) is 0.775. The van der Waals surface area contributed by atoms with Crippen LogP contribution in [0.4, 0.5) is 4.79 Å². The molecule has 0 spiro atoms. The summed E-state index contributed by atoms with van der Waals surface area (Å²) >= 11 is 0. The van der Waals surface area contributed by atoms with E-state index in [9.17, 15) is 4.79 Å². The highest BCUT2D eigenvalue weighted by molar-refractivity contribution is 5.79. The molecule has 3 N–H and O–H groups in total. The first-order valence-corrected chi connectivity index (χ1v) is 11.2. The van der Waals surface area contributed by atoms with Gasteiger partial charge in [0, 0.05) is 39.3 Å². The summed E-state index contributed by atoms with van der Waals surface area (Å²) in [6.07, 6.45) is 0.394. The molecule has 0 aliphatic carbocycles. The minimum absolute atomic E-state index is 0.384.